The summed E-state index contributed by atoms with van der Waals surface area (Å²) in [6.07, 6.45) is 20.3. The van der Waals surface area contributed by atoms with Gasteiger partial charge in [0.2, 0.25) is 12.1 Å². The molecule has 0 radical (unpaired) electrons. The number of amides is 1. The highest BCUT2D eigenvalue weighted by Gasteiger charge is 2.41. The first-order chi connectivity index (χ1) is 12.6. The lowest BCUT2D eigenvalue weighted by molar-refractivity contribution is -0.953. The lowest BCUT2D eigenvalue weighted by Gasteiger charge is -2.41. The number of nitrogens with zero attached hydrogens (tertiary/aromatic N) is 2. The topological polar surface area (TPSA) is 41.5 Å². The maximum atomic E-state index is 11.5. The summed E-state index contributed by atoms with van der Waals surface area (Å²) in [5.41, 5.74) is 0. The van der Waals surface area contributed by atoms with E-state index in [1.165, 1.54) is 57.8 Å². The van der Waals surface area contributed by atoms with Crippen molar-refractivity contribution in [3.8, 4) is 0 Å². The summed E-state index contributed by atoms with van der Waals surface area (Å²) in [6.45, 7) is 10.0. The van der Waals surface area contributed by atoms with E-state index in [0.717, 1.165) is 24.0 Å². The Morgan fingerprint density at radius 2 is 1.77 bits per heavy atom. The minimum atomic E-state index is 0.0350. The van der Waals surface area contributed by atoms with Crippen molar-refractivity contribution in [2.45, 2.75) is 104 Å². The van der Waals surface area contributed by atoms with Gasteiger partial charge in [0, 0.05) is 13.8 Å². The first-order valence-corrected chi connectivity index (χ1v) is 10.9. The molecule has 1 N–H and O–H groups in total. The van der Waals surface area contributed by atoms with Gasteiger partial charge in [-0.05, 0) is 25.8 Å². The van der Waals surface area contributed by atoms with E-state index < -0.39 is 0 Å². The first kappa shape index (κ1) is 22.9. The lowest BCUT2D eigenvalue weighted by atomic mass is 10.1. The van der Waals surface area contributed by atoms with Gasteiger partial charge in [0.05, 0.1) is 12.8 Å². The lowest BCUT2D eigenvalue weighted by Crippen LogP contribution is -2.63. The van der Waals surface area contributed by atoms with Gasteiger partial charge in [-0.2, -0.15) is 0 Å². The Hall–Kier alpha value is -1.16. The summed E-state index contributed by atoms with van der Waals surface area (Å²) in [5, 5.41) is 3.07. The molecule has 26 heavy (non-hydrogen) atoms. The third kappa shape index (κ3) is 7.61. The largest absolute Gasteiger partial charge is 0.307 e. The summed E-state index contributed by atoms with van der Waals surface area (Å²) in [6, 6.07) is 0. The molecule has 3 unspecified atom stereocenters. The van der Waals surface area contributed by atoms with Gasteiger partial charge in [0.1, 0.15) is 6.54 Å². The van der Waals surface area contributed by atoms with Crippen LogP contribution in [0.1, 0.15) is 91.9 Å². The van der Waals surface area contributed by atoms with E-state index in [1.807, 2.05) is 6.21 Å². The van der Waals surface area contributed by atoms with E-state index in [2.05, 4.69) is 43.2 Å². The van der Waals surface area contributed by atoms with Crippen molar-refractivity contribution < 1.29 is 9.28 Å². The molecule has 0 aromatic rings. The van der Waals surface area contributed by atoms with E-state index in [4.69, 9.17) is 0 Å². The molecule has 1 amide bonds. The fourth-order valence-electron chi connectivity index (χ4n) is 3.96. The van der Waals surface area contributed by atoms with Crippen LogP contribution in [0.3, 0.4) is 0 Å². The number of likely N-dealkylation sites (N-methyl/N-ethyl adjacent to an activating group) is 1. The van der Waals surface area contributed by atoms with Crippen molar-refractivity contribution in [3.63, 3.8) is 0 Å². The van der Waals surface area contributed by atoms with Gasteiger partial charge in [-0.3, -0.25) is 9.28 Å². The SMILES string of the molecule is CCCCCCCCCCC/C=C/C1N=CC[N+]1(CC)C(C)NC(C)=O. The number of carbonyl (C=O) groups excluding carboxylic acids is 1. The summed E-state index contributed by atoms with van der Waals surface area (Å²) in [7, 11) is 0. The van der Waals surface area contributed by atoms with Crippen molar-refractivity contribution in [1.82, 2.24) is 5.32 Å². The van der Waals surface area contributed by atoms with Crippen molar-refractivity contribution in [3.05, 3.63) is 12.2 Å². The van der Waals surface area contributed by atoms with E-state index in [1.54, 1.807) is 6.92 Å². The molecule has 4 heteroatoms. The minimum absolute atomic E-state index is 0.0350. The predicted octanol–water partition coefficient (Wildman–Crippen LogP) is 5.19. The van der Waals surface area contributed by atoms with E-state index in [9.17, 15) is 4.79 Å². The number of hydrogen-bond acceptors (Lipinski definition) is 2. The molecule has 1 heterocycles. The van der Waals surface area contributed by atoms with Gasteiger partial charge in [0.25, 0.3) is 0 Å². The normalized spacial score (nSPS) is 23.6. The molecule has 0 spiro atoms. The number of aliphatic imine (C=N–C) groups is 1. The molecule has 4 nitrogen and oxygen atoms in total. The Labute approximate surface area is 161 Å². The van der Waals surface area contributed by atoms with Gasteiger partial charge in [-0.15, -0.1) is 0 Å². The molecular weight excluding hydrogens is 322 g/mol. The Kier molecular flexibility index (Phi) is 11.5. The molecule has 0 aromatic carbocycles. The maximum absolute atomic E-state index is 11.5. The van der Waals surface area contributed by atoms with Crippen LogP contribution in [0.15, 0.2) is 17.1 Å². The van der Waals surface area contributed by atoms with Gasteiger partial charge < -0.3 is 5.32 Å². The van der Waals surface area contributed by atoms with Gasteiger partial charge in [-0.1, -0.05) is 64.4 Å². The van der Waals surface area contributed by atoms with E-state index >= 15 is 0 Å². The van der Waals surface area contributed by atoms with Crippen LogP contribution in [0.4, 0.5) is 0 Å². The number of allylic oxidation sites excluding steroid dienone is 1. The molecule has 0 aliphatic carbocycles. The minimum Gasteiger partial charge on any atom is -0.307 e. The number of quaternary nitrogens is 1. The molecule has 0 aromatic heterocycles. The number of unbranched alkanes of at least 4 members (excludes halogenated alkanes) is 9. The number of hydrogen-bond donors (Lipinski definition) is 1. The van der Waals surface area contributed by atoms with Crippen molar-refractivity contribution in [2.24, 2.45) is 4.99 Å². The zero-order chi connectivity index (χ0) is 19.3. The standard InChI is InChI=1S/C22H41N3O/c1-5-7-8-9-10-11-12-13-14-15-16-17-22-23-18-19-25(22,6-2)20(3)24-21(4)26/h16-18,20,22H,5-15,19H2,1-4H3/p+1/b17-16+. The smallest absolute Gasteiger partial charge is 0.221 e. The van der Waals surface area contributed by atoms with Crippen molar-refractivity contribution >= 4 is 12.1 Å². The highest BCUT2D eigenvalue weighted by molar-refractivity contribution is 5.73. The first-order valence-electron chi connectivity index (χ1n) is 10.9. The summed E-state index contributed by atoms with van der Waals surface area (Å²) < 4.78 is 0.799. The Bertz CT molecular complexity index is 447. The molecule has 150 valence electrons. The average molecular weight is 365 g/mol. The second-order valence-corrected chi connectivity index (χ2v) is 7.77. The second kappa shape index (κ2) is 13.1. The zero-order valence-corrected chi connectivity index (χ0v) is 17.7. The Morgan fingerprint density at radius 1 is 1.15 bits per heavy atom. The van der Waals surface area contributed by atoms with Crippen molar-refractivity contribution in [2.75, 3.05) is 13.1 Å². The zero-order valence-electron chi connectivity index (χ0n) is 17.7. The van der Waals surface area contributed by atoms with Crippen LogP contribution in [0, 0.1) is 0 Å². The average Bonchev–Trinajstić information content (AvgIpc) is 3.03. The van der Waals surface area contributed by atoms with Crippen LogP contribution < -0.4 is 5.32 Å². The summed E-state index contributed by atoms with van der Waals surface area (Å²) in [5.74, 6) is 0.0350. The molecule has 1 aliphatic rings. The molecule has 0 fully saturated rings. The quantitative estimate of drug-likeness (QED) is 0.257. The van der Waals surface area contributed by atoms with Crippen LogP contribution in [-0.4, -0.2) is 42.0 Å². The summed E-state index contributed by atoms with van der Waals surface area (Å²) >= 11 is 0. The molecule has 1 rings (SSSR count). The number of nitrogens with one attached hydrogen (secondary N) is 1. The van der Waals surface area contributed by atoms with Crippen LogP contribution in [-0.2, 0) is 4.79 Å². The van der Waals surface area contributed by atoms with Gasteiger partial charge in [-0.25, -0.2) is 4.99 Å². The molecule has 3 atom stereocenters. The van der Waals surface area contributed by atoms with Gasteiger partial charge >= 0.3 is 0 Å². The highest BCUT2D eigenvalue weighted by atomic mass is 16.1. The molecule has 1 aliphatic heterocycles. The monoisotopic (exact) mass is 364 g/mol. The van der Waals surface area contributed by atoms with E-state index in [-0.39, 0.29) is 18.2 Å². The second-order valence-electron chi connectivity index (χ2n) is 7.77. The fraction of sp³-hybridized carbons (Fsp3) is 0.818. The third-order valence-electron chi connectivity index (χ3n) is 5.76. The number of carbonyl (C=O) groups is 1. The van der Waals surface area contributed by atoms with Gasteiger partial charge in [0.15, 0.2) is 6.17 Å². The highest BCUT2D eigenvalue weighted by Crippen LogP contribution is 2.24. The Morgan fingerprint density at radius 3 is 2.35 bits per heavy atom. The van der Waals surface area contributed by atoms with Crippen LogP contribution in [0.5, 0.6) is 0 Å². The molecule has 0 saturated carbocycles. The van der Waals surface area contributed by atoms with E-state index in [0.29, 0.717) is 0 Å². The predicted molar refractivity (Wildman–Crippen MR) is 112 cm³/mol. The van der Waals surface area contributed by atoms with Crippen LogP contribution in [0.2, 0.25) is 0 Å². The Balaban J connectivity index is 2.27. The third-order valence-corrected chi connectivity index (χ3v) is 5.76. The van der Waals surface area contributed by atoms with Crippen LogP contribution in [0.25, 0.3) is 0 Å². The molecule has 0 saturated heterocycles. The number of rotatable bonds is 14. The molecular formula is C22H42N3O+. The maximum Gasteiger partial charge on any atom is 0.221 e. The fourth-order valence-corrected chi connectivity index (χ4v) is 3.96. The summed E-state index contributed by atoms with van der Waals surface area (Å²) in [4.78, 5) is 16.1. The van der Waals surface area contributed by atoms with Crippen molar-refractivity contribution in [1.29, 1.82) is 0 Å². The van der Waals surface area contributed by atoms with Crippen LogP contribution >= 0.6 is 0 Å². The molecule has 0 bridgehead atoms.